The summed E-state index contributed by atoms with van der Waals surface area (Å²) in [6.07, 6.45) is 0. The van der Waals surface area contributed by atoms with Gasteiger partial charge >= 0.3 is 0 Å². The molecule has 0 aliphatic carbocycles. The van der Waals surface area contributed by atoms with Gasteiger partial charge in [-0.25, -0.2) is 0 Å². The zero-order chi connectivity index (χ0) is 7.68. The van der Waals surface area contributed by atoms with Gasteiger partial charge in [0.2, 0.25) is 5.82 Å². The van der Waals surface area contributed by atoms with Crippen molar-refractivity contribution < 1.29 is 0 Å². The Kier molecular flexibility index (Phi) is 1.43. The monoisotopic (exact) mass is 165 g/mol. The highest BCUT2D eigenvalue weighted by Gasteiger charge is 2.03. The van der Waals surface area contributed by atoms with Gasteiger partial charge in [-0.15, -0.1) is 21.5 Å². The SMILES string of the molecule is Cn1nnc(-c2cc[c]s2)n1. The third-order valence-electron chi connectivity index (χ3n) is 1.20. The molecule has 0 aliphatic rings. The molecule has 5 heteroatoms. The molecule has 11 heavy (non-hydrogen) atoms. The van der Waals surface area contributed by atoms with Gasteiger partial charge in [0.25, 0.3) is 0 Å². The molecule has 0 fully saturated rings. The van der Waals surface area contributed by atoms with Gasteiger partial charge in [0.1, 0.15) is 0 Å². The topological polar surface area (TPSA) is 43.6 Å². The molecule has 0 aromatic carbocycles. The molecule has 2 aromatic heterocycles. The summed E-state index contributed by atoms with van der Waals surface area (Å²) in [6.45, 7) is 0. The molecule has 2 aromatic rings. The minimum absolute atomic E-state index is 0.666. The van der Waals surface area contributed by atoms with Crippen LogP contribution in [-0.4, -0.2) is 20.2 Å². The smallest absolute Gasteiger partial charge is 0.167 e. The predicted octanol–water partition coefficient (Wildman–Crippen LogP) is 0.739. The molecule has 4 nitrogen and oxygen atoms in total. The van der Waals surface area contributed by atoms with Crippen LogP contribution < -0.4 is 0 Å². The van der Waals surface area contributed by atoms with Gasteiger partial charge in [-0.1, -0.05) is 0 Å². The van der Waals surface area contributed by atoms with Crippen LogP contribution in [0.25, 0.3) is 10.7 Å². The van der Waals surface area contributed by atoms with E-state index in [9.17, 15) is 0 Å². The highest BCUT2D eigenvalue weighted by atomic mass is 32.1. The van der Waals surface area contributed by atoms with Gasteiger partial charge in [0.15, 0.2) is 0 Å². The van der Waals surface area contributed by atoms with Crippen molar-refractivity contribution in [2.45, 2.75) is 0 Å². The quantitative estimate of drug-likeness (QED) is 0.626. The zero-order valence-electron chi connectivity index (χ0n) is 5.85. The van der Waals surface area contributed by atoms with Crippen molar-refractivity contribution in [3.63, 3.8) is 0 Å². The van der Waals surface area contributed by atoms with Crippen molar-refractivity contribution in [3.8, 4) is 10.7 Å². The van der Waals surface area contributed by atoms with Crippen molar-refractivity contribution in [2.75, 3.05) is 0 Å². The lowest BCUT2D eigenvalue weighted by molar-refractivity contribution is 0.630. The molecular weight excluding hydrogens is 160 g/mol. The summed E-state index contributed by atoms with van der Waals surface area (Å²) in [6, 6.07) is 3.76. The van der Waals surface area contributed by atoms with Gasteiger partial charge in [0.05, 0.1) is 11.9 Å². The molecule has 0 spiro atoms. The number of thiophene rings is 1. The van der Waals surface area contributed by atoms with E-state index in [2.05, 4.69) is 20.8 Å². The number of nitrogens with zero attached hydrogens (tertiary/aromatic N) is 4. The predicted molar refractivity (Wildman–Crippen MR) is 40.9 cm³/mol. The first-order valence-corrected chi connectivity index (χ1v) is 3.88. The number of rotatable bonds is 1. The van der Waals surface area contributed by atoms with Crippen LogP contribution in [-0.2, 0) is 7.05 Å². The second-order valence-corrected chi connectivity index (χ2v) is 2.90. The largest absolute Gasteiger partial charge is 0.214 e. The molecule has 0 atom stereocenters. The second-order valence-electron chi connectivity index (χ2n) is 2.02. The molecule has 0 saturated carbocycles. The summed E-state index contributed by atoms with van der Waals surface area (Å²) in [5.41, 5.74) is 0. The molecule has 0 bridgehead atoms. The van der Waals surface area contributed by atoms with Crippen LogP contribution in [0.15, 0.2) is 12.1 Å². The first-order chi connectivity index (χ1) is 5.36. The lowest BCUT2D eigenvalue weighted by Crippen LogP contribution is -1.91. The first kappa shape index (κ1) is 6.48. The minimum Gasteiger partial charge on any atom is -0.167 e. The Balaban J connectivity index is 2.45. The molecule has 0 amide bonds. The number of hydrogen-bond acceptors (Lipinski definition) is 4. The Morgan fingerprint density at radius 3 is 3.09 bits per heavy atom. The summed E-state index contributed by atoms with van der Waals surface area (Å²) in [7, 11) is 1.74. The lowest BCUT2D eigenvalue weighted by Gasteiger charge is -1.81. The number of aromatic nitrogens is 4. The molecule has 1 radical (unpaired) electrons. The summed E-state index contributed by atoms with van der Waals surface area (Å²) in [5, 5.41) is 14.6. The van der Waals surface area contributed by atoms with Crippen LogP contribution in [0.2, 0.25) is 0 Å². The zero-order valence-corrected chi connectivity index (χ0v) is 6.67. The minimum atomic E-state index is 0.666. The van der Waals surface area contributed by atoms with E-state index >= 15 is 0 Å². The average Bonchev–Trinajstić information content (AvgIpc) is 2.55. The van der Waals surface area contributed by atoms with Crippen molar-refractivity contribution in [1.29, 1.82) is 0 Å². The van der Waals surface area contributed by atoms with Crippen LogP contribution in [0.4, 0.5) is 0 Å². The maximum atomic E-state index is 4.04. The summed E-state index contributed by atoms with van der Waals surface area (Å²) >= 11 is 1.49. The fourth-order valence-corrected chi connectivity index (χ4v) is 1.32. The fraction of sp³-hybridized carbons (Fsp3) is 0.167. The third kappa shape index (κ3) is 1.14. The van der Waals surface area contributed by atoms with Crippen molar-refractivity contribution >= 4 is 11.3 Å². The van der Waals surface area contributed by atoms with Crippen LogP contribution in [0.5, 0.6) is 0 Å². The molecule has 2 heterocycles. The first-order valence-electron chi connectivity index (χ1n) is 3.06. The van der Waals surface area contributed by atoms with E-state index in [0.717, 1.165) is 4.88 Å². The molecule has 0 unspecified atom stereocenters. The van der Waals surface area contributed by atoms with Crippen LogP contribution in [0.1, 0.15) is 0 Å². The Bertz CT molecular complexity index is 337. The molecule has 55 valence electrons. The highest BCUT2D eigenvalue weighted by molar-refractivity contribution is 7.13. The molecular formula is C6H5N4S. The van der Waals surface area contributed by atoms with Crippen LogP contribution in [0.3, 0.4) is 0 Å². The van der Waals surface area contributed by atoms with Gasteiger partial charge < -0.3 is 0 Å². The van der Waals surface area contributed by atoms with E-state index < -0.39 is 0 Å². The van der Waals surface area contributed by atoms with Crippen molar-refractivity contribution in [3.05, 3.63) is 17.5 Å². The Labute approximate surface area is 67.5 Å². The molecule has 0 aliphatic heterocycles. The maximum Gasteiger partial charge on any atom is 0.214 e. The van der Waals surface area contributed by atoms with E-state index in [1.807, 2.05) is 12.1 Å². The van der Waals surface area contributed by atoms with E-state index in [1.54, 1.807) is 7.05 Å². The normalized spacial score (nSPS) is 10.3. The van der Waals surface area contributed by atoms with Crippen LogP contribution in [0, 0.1) is 5.38 Å². The molecule has 0 saturated heterocycles. The van der Waals surface area contributed by atoms with Crippen LogP contribution >= 0.6 is 11.3 Å². The standard InChI is InChI=1S/C6H5N4S/c1-10-8-6(7-9-10)5-3-2-4-11-5/h2-3H,1H3. The molecule has 0 N–H and O–H groups in total. The molecule has 2 rings (SSSR count). The number of tetrazole rings is 1. The Hall–Kier alpha value is -1.23. The third-order valence-corrected chi connectivity index (χ3v) is 1.99. The average molecular weight is 165 g/mol. The van der Waals surface area contributed by atoms with E-state index in [0.29, 0.717) is 5.82 Å². The summed E-state index contributed by atoms with van der Waals surface area (Å²) in [4.78, 5) is 2.44. The van der Waals surface area contributed by atoms with Crippen molar-refractivity contribution in [2.24, 2.45) is 7.05 Å². The second kappa shape index (κ2) is 2.43. The fourth-order valence-electron chi connectivity index (χ4n) is 0.744. The lowest BCUT2D eigenvalue weighted by atomic mass is 10.5. The highest BCUT2D eigenvalue weighted by Crippen LogP contribution is 2.18. The number of aryl methyl sites for hydroxylation is 1. The van der Waals surface area contributed by atoms with E-state index in [-0.39, 0.29) is 0 Å². The summed E-state index contributed by atoms with van der Waals surface area (Å²) < 4.78 is 0. The van der Waals surface area contributed by atoms with Gasteiger partial charge in [0, 0.05) is 5.38 Å². The van der Waals surface area contributed by atoms with E-state index in [1.165, 1.54) is 16.1 Å². The van der Waals surface area contributed by atoms with Gasteiger partial charge in [-0.05, 0) is 17.3 Å². The Morgan fingerprint density at radius 1 is 1.64 bits per heavy atom. The Morgan fingerprint density at radius 2 is 2.55 bits per heavy atom. The summed E-state index contributed by atoms with van der Waals surface area (Å²) in [5.74, 6) is 0.666. The van der Waals surface area contributed by atoms with Gasteiger partial charge in [-0.2, -0.15) is 4.80 Å². The van der Waals surface area contributed by atoms with E-state index in [4.69, 9.17) is 0 Å². The number of hydrogen-bond donors (Lipinski definition) is 0. The van der Waals surface area contributed by atoms with Gasteiger partial charge in [-0.3, -0.25) is 0 Å². The maximum absolute atomic E-state index is 4.04. The van der Waals surface area contributed by atoms with Crippen molar-refractivity contribution in [1.82, 2.24) is 20.2 Å².